The van der Waals surface area contributed by atoms with E-state index in [-0.39, 0.29) is 12.5 Å². The Balaban J connectivity index is 2.03. The Labute approximate surface area is 109 Å². The average molecular weight is 266 g/mol. The number of nitrogens with two attached hydrogens (primary N) is 1. The highest BCUT2D eigenvalue weighted by Crippen LogP contribution is 2.16. The van der Waals surface area contributed by atoms with Crippen LogP contribution in [0, 0.1) is 6.92 Å². The van der Waals surface area contributed by atoms with E-state index in [1.54, 1.807) is 12.3 Å². The topological polar surface area (TPSA) is 85.8 Å². The molecule has 0 radical (unpaired) electrons. The summed E-state index contributed by atoms with van der Waals surface area (Å²) in [7, 11) is 0. The van der Waals surface area contributed by atoms with Crippen LogP contribution in [0.15, 0.2) is 24.7 Å². The predicted octanol–water partition coefficient (Wildman–Crippen LogP) is 1.46. The van der Waals surface area contributed by atoms with Gasteiger partial charge in [-0.15, -0.1) is 0 Å². The van der Waals surface area contributed by atoms with E-state index >= 15 is 0 Å². The molecule has 18 heavy (non-hydrogen) atoms. The van der Waals surface area contributed by atoms with Gasteiger partial charge < -0.3 is 11.1 Å². The van der Waals surface area contributed by atoms with Crippen LogP contribution < -0.4 is 11.1 Å². The minimum atomic E-state index is -0.203. The summed E-state index contributed by atoms with van der Waals surface area (Å²) in [6, 6.07) is 1.68. The van der Waals surface area contributed by atoms with E-state index in [4.69, 9.17) is 17.3 Å². The van der Waals surface area contributed by atoms with Crippen molar-refractivity contribution in [3.8, 4) is 0 Å². The van der Waals surface area contributed by atoms with E-state index in [2.05, 4.69) is 15.4 Å². The monoisotopic (exact) mass is 265 g/mol. The first kappa shape index (κ1) is 12.4. The number of hydrogen-bond acceptors (Lipinski definition) is 4. The summed E-state index contributed by atoms with van der Waals surface area (Å²) in [4.78, 5) is 15.7. The Bertz CT molecular complexity index is 581. The molecule has 0 saturated carbocycles. The Morgan fingerprint density at radius 3 is 2.94 bits per heavy atom. The zero-order valence-corrected chi connectivity index (χ0v) is 10.5. The van der Waals surface area contributed by atoms with Crippen LogP contribution in [-0.4, -0.2) is 20.7 Å². The quantitative estimate of drug-likeness (QED) is 0.823. The fourth-order valence-electron chi connectivity index (χ4n) is 1.46. The number of carbonyl (C=O) groups excluding carboxylic acids is 1. The maximum absolute atomic E-state index is 11.8. The molecule has 0 aliphatic heterocycles. The van der Waals surface area contributed by atoms with Crippen LogP contribution in [0.2, 0.25) is 5.15 Å². The van der Waals surface area contributed by atoms with Crippen molar-refractivity contribution < 1.29 is 4.79 Å². The highest BCUT2D eigenvalue weighted by atomic mass is 35.5. The van der Waals surface area contributed by atoms with Gasteiger partial charge in [-0.1, -0.05) is 11.6 Å². The molecule has 0 bridgehead atoms. The lowest BCUT2D eigenvalue weighted by molar-refractivity contribution is -0.116. The van der Waals surface area contributed by atoms with E-state index in [9.17, 15) is 4.79 Å². The number of aryl methyl sites for hydroxylation is 1. The van der Waals surface area contributed by atoms with Gasteiger partial charge in [0, 0.05) is 6.20 Å². The van der Waals surface area contributed by atoms with Gasteiger partial charge in [-0.2, -0.15) is 5.10 Å². The Hall–Kier alpha value is -2.08. The first-order chi connectivity index (χ1) is 8.54. The summed E-state index contributed by atoms with van der Waals surface area (Å²) in [5.74, 6) is -0.203. The fourth-order valence-corrected chi connectivity index (χ4v) is 1.67. The molecular formula is C11H12ClN5O. The largest absolute Gasteiger partial charge is 0.396 e. The molecule has 0 fully saturated rings. The first-order valence-electron chi connectivity index (χ1n) is 5.24. The lowest BCUT2D eigenvalue weighted by Crippen LogP contribution is -2.19. The molecule has 0 unspecified atom stereocenters. The fraction of sp³-hybridized carbons (Fsp3) is 0.182. The number of nitrogens with zero attached hydrogens (tertiary/aromatic N) is 3. The number of nitrogens with one attached hydrogen (secondary N) is 1. The van der Waals surface area contributed by atoms with E-state index in [1.165, 1.54) is 17.1 Å². The highest BCUT2D eigenvalue weighted by Gasteiger charge is 2.07. The summed E-state index contributed by atoms with van der Waals surface area (Å²) >= 11 is 5.73. The molecule has 2 aromatic rings. The number of rotatable bonds is 3. The van der Waals surface area contributed by atoms with Crippen LogP contribution in [0.3, 0.4) is 0 Å². The Morgan fingerprint density at radius 2 is 2.33 bits per heavy atom. The second-order valence-electron chi connectivity index (χ2n) is 3.84. The van der Waals surface area contributed by atoms with Gasteiger partial charge in [0.2, 0.25) is 5.91 Å². The van der Waals surface area contributed by atoms with Crippen LogP contribution in [0.5, 0.6) is 0 Å². The molecular weight excluding hydrogens is 254 g/mol. The highest BCUT2D eigenvalue weighted by molar-refractivity contribution is 6.29. The smallest absolute Gasteiger partial charge is 0.246 e. The number of aromatic nitrogens is 3. The number of halogens is 1. The van der Waals surface area contributed by atoms with E-state index < -0.39 is 0 Å². The number of amides is 1. The van der Waals surface area contributed by atoms with Gasteiger partial charge in [-0.05, 0) is 18.6 Å². The summed E-state index contributed by atoms with van der Waals surface area (Å²) < 4.78 is 1.46. The third kappa shape index (κ3) is 2.98. The Kier molecular flexibility index (Phi) is 3.47. The van der Waals surface area contributed by atoms with E-state index in [1.807, 2.05) is 6.92 Å². The molecule has 2 heterocycles. The Morgan fingerprint density at radius 1 is 1.56 bits per heavy atom. The summed E-state index contributed by atoms with van der Waals surface area (Å²) in [5, 5.41) is 7.06. The maximum atomic E-state index is 11.8. The average Bonchev–Trinajstić information content (AvgIpc) is 2.68. The van der Waals surface area contributed by atoms with E-state index in [0.717, 1.165) is 5.56 Å². The van der Waals surface area contributed by atoms with Crippen molar-refractivity contribution in [3.05, 3.63) is 35.4 Å². The second kappa shape index (κ2) is 5.05. The molecule has 2 rings (SSSR count). The molecule has 0 aromatic carbocycles. The zero-order valence-electron chi connectivity index (χ0n) is 9.72. The van der Waals surface area contributed by atoms with Gasteiger partial charge in [0.25, 0.3) is 0 Å². The number of nitrogen functional groups attached to an aromatic ring is 1. The standard InChI is InChI=1S/C11H12ClN5O/c1-7-2-10(12)14-4-9(7)16-11(18)6-17-5-8(13)3-15-17/h2-5H,6,13H2,1H3,(H,16,18). The van der Waals surface area contributed by atoms with E-state index in [0.29, 0.717) is 16.5 Å². The molecule has 0 spiro atoms. The van der Waals surface area contributed by atoms with Crippen molar-refractivity contribution >= 4 is 28.9 Å². The maximum Gasteiger partial charge on any atom is 0.246 e. The molecule has 3 N–H and O–H groups in total. The lowest BCUT2D eigenvalue weighted by atomic mass is 10.2. The molecule has 7 heteroatoms. The zero-order chi connectivity index (χ0) is 13.1. The summed E-state index contributed by atoms with van der Waals surface area (Å²) in [6.45, 7) is 1.94. The SMILES string of the molecule is Cc1cc(Cl)ncc1NC(=O)Cn1cc(N)cn1. The van der Waals surface area contributed by atoms with Gasteiger partial charge in [0.1, 0.15) is 11.7 Å². The van der Waals surface area contributed by atoms with Gasteiger partial charge >= 0.3 is 0 Å². The van der Waals surface area contributed by atoms with Gasteiger partial charge in [0.15, 0.2) is 0 Å². The van der Waals surface area contributed by atoms with Crippen molar-refractivity contribution in [2.45, 2.75) is 13.5 Å². The second-order valence-corrected chi connectivity index (χ2v) is 4.23. The van der Waals surface area contributed by atoms with Gasteiger partial charge in [0.05, 0.1) is 23.8 Å². The summed E-state index contributed by atoms with van der Waals surface area (Å²) in [6.07, 6.45) is 4.60. The first-order valence-corrected chi connectivity index (χ1v) is 5.62. The molecule has 1 amide bonds. The van der Waals surface area contributed by atoms with Crippen LogP contribution in [0.1, 0.15) is 5.56 Å². The van der Waals surface area contributed by atoms with Crippen LogP contribution in [0.25, 0.3) is 0 Å². The lowest BCUT2D eigenvalue weighted by Gasteiger charge is -2.08. The molecule has 0 aliphatic rings. The van der Waals surface area contributed by atoms with Gasteiger partial charge in [-0.25, -0.2) is 4.98 Å². The molecule has 0 aliphatic carbocycles. The van der Waals surface area contributed by atoms with Crippen LogP contribution >= 0.6 is 11.6 Å². The molecule has 94 valence electrons. The van der Waals surface area contributed by atoms with Crippen molar-refractivity contribution in [1.29, 1.82) is 0 Å². The number of carbonyl (C=O) groups is 1. The third-order valence-electron chi connectivity index (χ3n) is 2.31. The van der Waals surface area contributed by atoms with Crippen molar-refractivity contribution in [1.82, 2.24) is 14.8 Å². The minimum Gasteiger partial charge on any atom is -0.396 e. The third-order valence-corrected chi connectivity index (χ3v) is 2.52. The minimum absolute atomic E-state index is 0.0965. The van der Waals surface area contributed by atoms with Crippen LogP contribution in [-0.2, 0) is 11.3 Å². The number of anilines is 2. The molecule has 0 saturated heterocycles. The van der Waals surface area contributed by atoms with Crippen LogP contribution in [0.4, 0.5) is 11.4 Å². The number of pyridine rings is 1. The normalized spacial score (nSPS) is 10.3. The molecule has 0 atom stereocenters. The molecule has 2 aromatic heterocycles. The molecule has 6 nitrogen and oxygen atoms in total. The van der Waals surface area contributed by atoms with Crippen molar-refractivity contribution in [2.24, 2.45) is 0 Å². The van der Waals surface area contributed by atoms with Gasteiger partial charge in [-0.3, -0.25) is 9.48 Å². The van der Waals surface area contributed by atoms with Crippen molar-refractivity contribution in [3.63, 3.8) is 0 Å². The number of hydrogen-bond donors (Lipinski definition) is 2. The predicted molar refractivity (Wildman–Crippen MR) is 69.3 cm³/mol. The summed E-state index contributed by atoms with van der Waals surface area (Å²) in [5.41, 5.74) is 7.51. The van der Waals surface area contributed by atoms with Crippen molar-refractivity contribution in [2.75, 3.05) is 11.1 Å².